The second kappa shape index (κ2) is 4.68. The summed E-state index contributed by atoms with van der Waals surface area (Å²) >= 11 is 0. The third kappa shape index (κ3) is 2.52. The molecule has 1 atom stereocenters. The zero-order valence-corrected chi connectivity index (χ0v) is 10.8. The van der Waals surface area contributed by atoms with E-state index in [1.165, 1.54) is 6.21 Å². The topological polar surface area (TPSA) is 54.7 Å². The van der Waals surface area contributed by atoms with Gasteiger partial charge < -0.3 is 14.7 Å². The maximum atomic E-state index is 7.39. The maximum Gasteiger partial charge on any atom is 0.472 e. The zero-order valence-electron chi connectivity index (χ0n) is 10.8. The summed E-state index contributed by atoms with van der Waals surface area (Å²) in [5.74, 6) is -0.207. The highest BCUT2D eigenvalue weighted by molar-refractivity contribution is 6.56. The zero-order chi connectivity index (χ0) is 12.4. The van der Waals surface area contributed by atoms with Crippen LogP contribution in [0.3, 0.4) is 0 Å². The van der Waals surface area contributed by atoms with Crippen LogP contribution in [-0.2, 0) is 9.31 Å². The Morgan fingerprint density at radius 3 is 2.12 bits per heavy atom. The van der Waals surface area contributed by atoms with Gasteiger partial charge in [0.1, 0.15) is 0 Å². The van der Waals surface area contributed by atoms with E-state index >= 15 is 0 Å². The summed E-state index contributed by atoms with van der Waals surface area (Å²) in [5, 5.41) is 7.39. The van der Waals surface area contributed by atoms with E-state index < -0.39 is 7.12 Å². The molecule has 1 aliphatic heterocycles. The first-order chi connectivity index (χ1) is 7.34. The van der Waals surface area contributed by atoms with Gasteiger partial charge in [0.2, 0.25) is 0 Å². The summed E-state index contributed by atoms with van der Waals surface area (Å²) in [6.07, 6.45) is 3.05. The fourth-order valence-corrected chi connectivity index (χ4v) is 1.46. The van der Waals surface area contributed by atoms with Crippen LogP contribution in [0.15, 0.2) is 4.99 Å². The van der Waals surface area contributed by atoms with E-state index in [0.717, 1.165) is 0 Å². The molecular formula is C11H21BN2O2. The van der Waals surface area contributed by atoms with Gasteiger partial charge in [-0.05, 0) is 34.6 Å². The summed E-state index contributed by atoms with van der Waals surface area (Å²) in [4.78, 5) is 4.15. The minimum Gasteiger partial charge on any atom is -0.403 e. The second-order valence-corrected chi connectivity index (χ2v) is 5.02. The predicted molar refractivity (Wildman–Crippen MR) is 67.6 cm³/mol. The quantitative estimate of drug-likeness (QED) is 0.587. The molecule has 1 unspecified atom stereocenters. The van der Waals surface area contributed by atoms with Crippen LogP contribution in [-0.4, -0.2) is 37.3 Å². The van der Waals surface area contributed by atoms with Crippen molar-refractivity contribution in [1.29, 1.82) is 5.41 Å². The van der Waals surface area contributed by atoms with Crippen LogP contribution in [0.5, 0.6) is 0 Å². The van der Waals surface area contributed by atoms with Gasteiger partial charge in [-0.1, -0.05) is 0 Å². The Kier molecular flexibility index (Phi) is 3.91. The number of hydrogen-bond donors (Lipinski definition) is 1. The Balaban J connectivity index is 2.77. The van der Waals surface area contributed by atoms with Crippen LogP contribution < -0.4 is 0 Å². The first-order valence-electron chi connectivity index (χ1n) is 5.70. The number of nitrogens with one attached hydrogen (secondary N) is 1. The number of aliphatic imine (C=N–C) groups is 1. The first kappa shape index (κ1) is 13.4. The first-order valence-corrected chi connectivity index (χ1v) is 5.70. The van der Waals surface area contributed by atoms with Crippen LogP contribution in [0.25, 0.3) is 0 Å². The SMILES string of the molecule is CCN=CC(C=N)B1OC(C)(C)C(C)(C)O1. The van der Waals surface area contributed by atoms with Crippen molar-refractivity contribution >= 4 is 19.5 Å². The van der Waals surface area contributed by atoms with Gasteiger partial charge in [-0.2, -0.15) is 0 Å². The van der Waals surface area contributed by atoms with Crippen molar-refractivity contribution in [3.63, 3.8) is 0 Å². The van der Waals surface area contributed by atoms with Gasteiger partial charge in [-0.15, -0.1) is 0 Å². The summed E-state index contributed by atoms with van der Waals surface area (Å²) in [6.45, 7) is 10.7. The lowest BCUT2D eigenvalue weighted by molar-refractivity contribution is 0.00578. The minimum atomic E-state index is -0.405. The lowest BCUT2D eigenvalue weighted by Crippen LogP contribution is -2.41. The van der Waals surface area contributed by atoms with Crippen LogP contribution in [0.1, 0.15) is 34.6 Å². The molecule has 0 aromatic carbocycles. The van der Waals surface area contributed by atoms with Crippen LogP contribution >= 0.6 is 0 Å². The van der Waals surface area contributed by atoms with Gasteiger partial charge in [0, 0.05) is 19.0 Å². The molecule has 0 amide bonds. The second-order valence-electron chi connectivity index (χ2n) is 5.02. The van der Waals surface area contributed by atoms with Gasteiger partial charge >= 0.3 is 7.12 Å². The van der Waals surface area contributed by atoms with E-state index in [-0.39, 0.29) is 17.0 Å². The van der Waals surface area contributed by atoms with E-state index in [4.69, 9.17) is 14.7 Å². The van der Waals surface area contributed by atoms with Crippen molar-refractivity contribution in [2.75, 3.05) is 6.54 Å². The highest BCUT2D eigenvalue weighted by atomic mass is 16.7. The van der Waals surface area contributed by atoms with Crippen molar-refractivity contribution in [2.45, 2.75) is 51.6 Å². The molecule has 0 aromatic rings. The van der Waals surface area contributed by atoms with E-state index in [2.05, 4.69) is 4.99 Å². The largest absolute Gasteiger partial charge is 0.472 e. The number of nitrogens with zero attached hydrogens (tertiary/aromatic N) is 1. The molecule has 0 aliphatic carbocycles. The molecule has 1 fully saturated rings. The number of rotatable bonds is 4. The normalized spacial score (nSPS) is 24.9. The van der Waals surface area contributed by atoms with Crippen molar-refractivity contribution in [2.24, 2.45) is 4.99 Å². The van der Waals surface area contributed by atoms with Gasteiger partial charge in [0.05, 0.1) is 17.0 Å². The Morgan fingerprint density at radius 2 is 1.75 bits per heavy atom. The molecule has 1 N–H and O–H groups in total. The van der Waals surface area contributed by atoms with Crippen molar-refractivity contribution in [3.05, 3.63) is 0 Å². The lowest BCUT2D eigenvalue weighted by Gasteiger charge is -2.32. The maximum absolute atomic E-state index is 7.39. The molecule has 1 saturated heterocycles. The fourth-order valence-electron chi connectivity index (χ4n) is 1.46. The third-order valence-electron chi connectivity index (χ3n) is 3.24. The Bertz CT molecular complexity index is 274. The average molecular weight is 224 g/mol. The van der Waals surface area contributed by atoms with Crippen LogP contribution in [0.4, 0.5) is 0 Å². The van der Waals surface area contributed by atoms with E-state index in [9.17, 15) is 0 Å². The monoisotopic (exact) mass is 224 g/mol. The molecule has 0 radical (unpaired) electrons. The highest BCUT2D eigenvalue weighted by Crippen LogP contribution is 2.39. The lowest BCUT2D eigenvalue weighted by atomic mass is 9.73. The molecule has 5 heteroatoms. The Morgan fingerprint density at radius 1 is 1.25 bits per heavy atom. The Labute approximate surface area is 98.1 Å². The predicted octanol–water partition coefficient (Wildman–Crippen LogP) is 2.19. The molecule has 0 spiro atoms. The molecular weight excluding hydrogens is 203 g/mol. The van der Waals surface area contributed by atoms with Gasteiger partial charge in [0.25, 0.3) is 0 Å². The van der Waals surface area contributed by atoms with E-state index in [0.29, 0.717) is 6.54 Å². The summed E-state index contributed by atoms with van der Waals surface area (Å²) in [7, 11) is -0.405. The molecule has 1 rings (SSSR count). The minimum absolute atomic E-state index is 0.207. The standard InChI is InChI=1S/C11H21BN2O2/c1-6-14-8-9(7-13)12-15-10(2,3)11(4,5)16-12/h7-9,13H,6H2,1-5H3. The van der Waals surface area contributed by atoms with Gasteiger partial charge in [-0.3, -0.25) is 4.99 Å². The average Bonchev–Trinajstić information content (AvgIpc) is 2.37. The molecule has 0 aromatic heterocycles. The smallest absolute Gasteiger partial charge is 0.403 e. The Hall–Kier alpha value is -0.675. The van der Waals surface area contributed by atoms with E-state index in [1.54, 1.807) is 6.21 Å². The summed E-state index contributed by atoms with van der Waals surface area (Å²) < 4.78 is 11.7. The molecule has 16 heavy (non-hydrogen) atoms. The van der Waals surface area contributed by atoms with Crippen LogP contribution in [0.2, 0.25) is 5.82 Å². The molecule has 1 aliphatic rings. The molecule has 4 nitrogen and oxygen atoms in total. The number of hydrogen-bond acceptors (Lipinski definition) is 4. The highest BCUT2D eigenvalue weighted by Gasteiger charge is 2.53. The molecule has 0 saturated carbocycles. The molecule has 0 bridgehead atoms. The fraction of sp³-hybridized carbons (Fsp3) is 0.818. The third-order valence-corrected chi connectivity index (χ3v) is 3.24. The van der Waals surface area contributed by atoms with Gasteiger partial charge in [0.15, 0.2) is 0 Å². The van der Waals surface area contributed by atoms with Crippen molar-refractivity contribution < 1.29 is 9.31 Å². The molecule has 1 heterocycles. The van der Waals surface area contributed by atoms with E-state index in [1.807, 2.05) is 34.6 Å². The van der Waals surface area contributed by atoms with Crippen molar-refractivity contribution in [1.82, 2.24) is 0 Å². The molecule has 90 valence electrons. The van der Waals surface area contributed by atoms with Gasteiger partial charge in [-0.25, -0.2) is 0 Å². The van der Waals surface area contributed by atoms with Crippen LogP contribution in [0, 0.1) is 5.41 Å². The van der Waals surface area contributed by atoms with Crippen molar-refractivity contribution in [3.8, 4) is 0 Å². The summed E-state index contributed by atoms with van der Waals surface area (Å²) in [5.41, 5.74) is -0.696. The summed E-state index contributed by atoms with van der Waals surface area (Å²) in [6, 6.07) is 0.